The Hall–Kier alpha value is -9.44. The first-order valence-corrected chi connectivity index (χ1v) is 37.1. The van der Waals surface area contributed by atoms with Crippen LogP contribution in [0.3, 0.4) is 0 Å². The minimum Gasteiger partial charge on any atom is -0.493 e. The molecule has 2 aromatic heterocycles. The largest absolute Gasteiger partial charge is 0.493 e. The number of ether oxygens (including phenoxy) is 4. The highest BCUT2D eigenvalue weighted by atomic mass is 32.2. The van der Waals surface area contributed by atoms with Gasteiger partial charge in [0.05, 0.1) is 91.7 Å². The number of carbonyl (C=O) groups is 4. The highest BCUT2D eigenvalue weighted by molar-refractivity contribution is 7.89. The molecule has 12 rings (SSSR count). The third kappa shape index (κ3) is 15.3. The number of rotatable bonds is 27. The molecule has 2 saturated heterocycles. The van der Waals surface area contributed by atoms with Crippen molar-refractivity contribution in [2.75, 3.05) is 104 Å². The second kappa shape index (κ2) is 31.6. The molecule has 6 heterocycles. The number of piperazine rings is 2. The van der Waals surface area contributed by atoms with Gasteiger partial charge in [0, 0.05) is 97.3 Å². The highest BCUT2D eigenvalue weighted by Gasteiger charge is 2.45. The summed E-state index contributed by atoms with van der Waals surface area (Å²) in [5.41, 5.74) is 7.88. The number of aromatic nitrogens is 4. The fourth-order valence-corrected chi connectivity index (χ4v) is 16.8. The number of sulfonamides is 2. The average molecular weight is 1420 g/mol. The first kappa shape index (κ1) is 72.8. The molecule has 2 fully saturated rings. The third-order valence-corrected chi connectivity index (χ3v) is 23.0. The van der Waals surface area contributed by atoms with Gasteiger partial charge in [0.25, 0.3) is 23.6 Å². The molecule has 101 heavy (non-hydrogen) atoms. The summed E-state index contributed by atoms with van der Waals surface area (Å²) in [6, 6.07) is 41.6. The van der Waals surface area contributed by atoms with Crippen molar-refractivity contribution < 1.29 is 55.0 Å². The van der Waals surface area contributed by atoms with Crippen LogP contribution in [0.25, 0.3) is 0 Å². The van der Waals surface area contributed by atoms with E-state index in [9.17, 15) is 36.0 Å². The third-order valence-electron chi connectivity index (χ3n) is 19.8. The Bertz CT molecular complexity index is 4540. The van der Waals surface area contributed by atoms with Crippen molar-refractivity contribution in [1.82, 2.24) is 48.6 Å². The van der Waals surface area contributed by atoms with E-state index in [2.05, 4.69) is 102 Å². The van der Waals surface area contributed by atoms with E-state index < -0.39 is 32.1 Å². The number of nitrogens with one attached hydrogen (secondary N) is 2. The van der Waals surface area contributed by atoms with Gasteiger partial charge in [-0.1, -0.05) is 84.9 Å². The molecule has 4 amide bonds. The van der Waals surface area contributed by atoms with Crippen molar-refractivity contribution in [3.8, 4) is 23.0 Å². The van der Waals surface area contributed by atoms with Crippen molar-refractivity contribution in [2.45, 2.75) is 101 Å². The van der Waals surface area contributed by atoms with Crippen LogP contribution >= 0.6 is 0 Å². The maximum atomic E-state index is 14.5. The Morgan fingerprint density at radius 3 is 1.29 bits per heavy atom. The summed E-state index contributed by atoms with van der Waals surface area (Å²) in [6.45, 7) is 16.5. The average Bonchev–Trinajstić information content (AvgIpc) is 1.61. The van der Waals surface area contributed by atoms with Crippen LogP contribution in [0.2, 0.25) is 0 Å². The molecule has 24 nitrogen and oxygen atoms in total. The number of benzene rings is 6. The van der Waals surface area contributed by atoms with E-state index in [1.807, 2.05) is 55.5 Å². The molecule has 0 aliphatic carbocycles. The number of carbonyl (C=O) groups excluding carboxylic acids is 4. The minimum atomic E-state index is -3.82. The number of fused-ring (bicyclic) bond motifs is 2. The molecule has 0 radical (unpaired) electrons. The van der Waals surface area contributed by atoms with Crippen molar-refractivity contribution in [2.24, 2.45) is 7.05 Å². The molecule has 4 aliphatic heterocycles. The zero-order chi connectivity index (χ0) is 71.9. The topological polar surface area (TPSA) is 253 Å². The summed E-state index contributed by atoms with van der Waals surface area (Å²) in [5, 5.41) is 8.31. The van der Waals surface area contributed by atoms with E-state index in [1.165, 1.54) is 52.2 Å². The zero-order valence-corrected chi connectivity index (χ0v) is 60.6. The summed E-state index contributed by atoms with van der Waals surface area (Å²) in [4.78, 5) is 69.4. The zero-order valence-electron chi connectivity index (χ0n) is 59.0. The number of imide groups is 2. The monoisotopic (exact) mass is 1410 g/mol. The standard InChI is InChI=1S/C38H46N6O6S.C37H44N6O6S/c1-6-43-27(3)35(25-39-43)51(47,48)40-19-11-16-31(29-17-18-33(49-4)34(24-29)50-5)44-37(45)30-14-10-15-32(36(30)38(44)46)42-22-20-41(21-23-42)26(2)28-12-8-7-9-13-28;1-25-34(24-40(3)39-25)50(46,47)38-18-10-15-30(28-16-17-32(48-4)33(23-28)49-5)43-36(44)29-13-9-14-31(35(29)37(43)45)42-21-19-41(20-22-42)26(2)27-11-7-6-8-12-27/h7-10,12-15,17-18,24-26,31,40H,6,11,16,19-23H2,1-5H3;6-9,11-14,16-17,23-24,26,30,38H,10,15,18-22H2,1-5H3/t26-,31-;26-,30-/m11/s1. The number of anilines is 2. The molecule has 0 bridgehead atoms. The molecule has 6 aromatic carbocycles. The lowest BCUT2D eigenvalue weighted by Gasteiger charge is -2.39. The van der Waals surface area contributed by atoms with Crippen LogP contribution in [0.1, 0.15) is 146 Å². The first-order chi connectivity index (χ1) is 48.6. The normalized spacial score (nSPS) is 16.4. The van der Waals surface area contributed by atoms with E-state index >= 15 is 0 Å². The van der Waals surface area contributed by atoms with Gasteiger partial charge in [-0.3, -0.25) is 48.1 Å². The quantitative estimate of drug-likeness (QED) is 0.0359. The number of methoxy groups -OCH3 is 4. The summed E-state index contributed by atoms with van der Waals surface area (Å²) >= 11 is 0. The van der Waals surface area contributed by atoms with Gasteiger partial charge in [-0.2, -0.15) is 10.2 Å². The fraction of sp³-hybridized carbons (Fsp3) is 0.387. The van der Waals surface area contributed by atoms with Crippen molar-refractivity contribution in [1.29, 1.82) is 0 Å². The maximum absolute atomic E-state index is 14.5. The molecule has 4 atom stereocenters. The van der Waals surface area contributed by atoms with Crippen LogP contribution in [-0.4, -0.2) is 174 Å². The summed E-state index contributed by atoms with van der Waals surface area (Å²) < 4.78 is 82.9. The lowest BCUT2D eigenvalue weighted by molar-refractivity contribution is 0.0557. The van der Waals surface area contributed by atoms with Crippen molar-refractivity contribution in [3.05, 3.63) is 202 Å². The molecular weight excluding hydrogens is 1330 g/mol. The molecule has 534 valence electrons. The lowest BCUT2D eigenvalue weighted by atomic mass is 9.99. The SMILES string of the molecule is CCn1ncc(S(=O)(=O)NCCC[C@H](c2ccc(OC)c(OC)c2)N2C(=O)c3cccc(N4CCN([C@H](C)c5ccccc5)CC4)c3C2=O)c1C.COc1ccc([C@@H](CCCNS(=O)(=O)c2cn(C)nc2C)N2C(=O)c3cccc(N4CCN([C@H](C)c5ccccc5)CC4)c3C2=O)cc1OC. The van der Waals surface area contributed by atoms with Gasteiger partial charge >= 0.3 is 0 Å². The Morgan fingerprint density at radius 1 is 0.495 bits per heavy atom. The van der Waals surface area contributed by atoms with Crippen molar-refractivity contribution >= 4 is 55.1 Å². The van der Waals surface area contributed by atoms with Gasteiger partial charge in [-0.05, 0) is 131 Å². The van der Waals surface area contributed by atoms with Gasteiger partial charge in [0.15, 0.2) is 23.0 Å². The van der Waals surface area contributed by atoms with Gasteiger partial charge in [-0.25, -0.2) is 26.3 Å². The highest BCUT2D eigenvalue weighted by Crippen LogP contribution is 2.44. The van der Waals surface area contributed by atoms with Crippen LogP contribution in [0.15, 0.2) is 156 Å². The lowest BCUT2D eigenvalue weighted by Crippen LogP contribution is -2.47. The molecule has 2 N–H and O–H groups in total. The van der Waals surface area contributed by atoms with E-state index in [0.29, 0.717) is 126 Å². The van der Waals surface area contributed by atoms with Gasteiger partial charge in [-0.15, -0.1) is 0 Å². The predicted molar refractivity (Wildman–Crippen MR) is 385 cm³/mol. The number of aryl methyl sites for hydroxylation is 3. The molecule has 0 unspecified atom stereocenters. The number of amides is 4. The molecule has 26 heteroatoms. The summed E-state index contributed by atoms with van der Waals surface area (Å²) in [7, 11) is 0.185. The van der Waals surface area contributed by atoms with Crippen LogP contribution in [0.4, 0.5) is 11.4 Å². The van der Waals surface area contributed by atoms with Crippen LogP contribution in [0.5, 0.6) is 23.0 Å². The summed E-state index contributed by atoms with van der Waals surface area (Å²) in [6.07, 6.45) is 4.13. The number of nitrogens with zero attached hydrogens (tertiary/aromatic N) is 10. The second-order valence-corrected chi connectivity index (χ2v) is 29.1. The Labute approximate surface area is 591 Å². The van der Waals surface area contributed by atoms with E-state index in [-0.39, 0.29) is 58.6 Å². The smallest absolute Gasteiger partial charge is 0.264 e. The van der Waals surface area contributed by atoms with E-state index in [0.717, 1.165) is 37.6 Å². The number of hydrogen-bond donors (Lipinski definition) is 2. The van der Waals surface area contributed by atoms with Gasteiger partial charge in [0.2, 0.25) is 20.0 Å². The van der Waals surface area contributed by atoms with Gasteiger partial charge in [0.1, 0.15) is 9.79 Å². The fourth-order valence-electron chi connectivity index (χ4n) is 14.3. The minimum absolute atomic E-state index is 0.0978. The molecular formula is C75H90N12O12S2. The van der Waals surface area contributed by atoms with Crippen molar-refractivity contribution in [3.63, 3.8) is 0 Å². The maximum Gasteiger partial charge on any atom is 0.264 e. The van der Waals surface area contributed by atoms with Crippen LogP contribution < -0.4 is 38.2 Å². The summed E-state index contributed by atoms with van der Waals surface area (Å²) in [5.74, 6) is 0.458. The van der Waals surface area contributed by atoms with Crippen LogP contribution in [-0.2, 0) is 33.6 Å². The van der Waals surface area contributed by atoms with E-state index in [1.54, 1.807) is 76.2 Å². The molecule has 0 spiro atoms. The molecule has 8 aromatic rings. The van der Waals surface area contributed by atoms with E-state index in [4.69, 9.17) is 18.9 Å². The Balaban J connectivity index is 0.000000203. The van der Waals surface area contributed by atoms with Gasteiger partial charge < -0.3 is 28.7 Å². The first-order valence-electron chi connectivity index (χ1n) is 34.2. The molecule has 4 aliphatic rings. The molecule has 0 saturated carbocycles. The Morgan fingerprint density at radius 2 is 0.911 bits per heavy atom. The second-order valence-electron chi connectivity index (χ2n) is 25.6. The Kier molecular flexibility index (Phi) is 22.8. The number of hydrogen-bond acceptors (Lipinski definition) is 18. The van der Waals surface area contributed by atoms with Crippen LogP contribution in [0, 0.1) is 13.8 Å². The predicted octanol–water partition coefficient (Wildman–Crippen LogP) is 9.93.